The number of likely N-dealkylation sites (tertiary alicyclic amines) is 1. The zero-order valence-corrected chi connectivity index (χ0v) is 24.2. The lowest BCUT2D eigenvalue weighted by atomic mass is 10.0. The molecular weight excluding hydrogens is 596 g/mol. The Bertz CT molecular complexity index is 1590. The summed E-state index contributed by atoms with van der Waals surface area (Å²) in [4.78, 5) is 1.56. The van der Waals surface area contributed by atoms with E-state index in [4.69, 9.17) is 16.3 Å². The molecule has 2 unspecified atom stereocenters. The van der Waals surface area contributed by atoms with E-state index in [0.29, 0.717) is 49.7 Å². The van der Waals surface area contributed by atoms with Gasteiger partial charge in [0.25, 0.3) is 10.0 Å². The van der Waals surface area contributed by atoms with Crippen LogP contribution in [-0.4, -0.2) is 56.8 Å². The van der Waals surface area contributed by atoms with Gasteiger partial charge in [0.05, 0.1) is 33.8 Å². The highest BCUT2D eigenvalue weighted by Crippen LogP contribution is 2.40. The summed E-state index contributed by atoms with van der Waals surface area (Å²) < 4.78 is 89.9. The maximum absolute atomic E-state index is 14.5. The normalized spacial score (nSPS) is 20.0. The van der Waals surface area contributed by atoms with Crippen molar-refractivity contribution in [1.82, 2.24) is 4.90 Å². The first kappa shape index (κ1) is 30.3. The van der Waals surface area contributed by atoms with Gasteiger partial charge in [0.2, 0.25) is 0 Å². The highest BCUT2D eigenvalue weighted by Gasteiger charge is 2.37. The van der Waals surface area contributed by atoms with Gasteiger partial charge in [-0.2, -0.15) is 13.2 Å². The highest BCUT2D eigenvalue weighted by molar-refractivity contribution is 7.92. The predicted octanol–water partition coefficient (Wildman–Crippen LogP) is 6.47. The van der Waals surface area contributed by atoms with Crippen LogP contribution in [0.3, 0.4) is 0 Å². The second kappa shape index (κ2) is 11.9. The third kappa shape index (κ3) is 6.44. The van der Waals surface area contributed by atoms with Gasteiger partial charge >= 0.3 is 6.18 Å². The maximum Gasteiger partial charge on any atom is 0.416 e. The van der Waals surface area contributed by atoms with Crippen molar-refractivity contribution >= 4 is 39.0 Å². The lowest BCUT2D eigenvalue weighted by Crippen LogP contribution is -2.44. The van der Waals surface area contributed by atoms with Crippen LogP contribution in [-0.2, 0) is 16.2 Å². The highest BCUT2D eigenvalue weighted by atomic mass is 35.5. The van der Waals surface area contributed by atoms with Gasteiger partial charge in [-0.25, -0.2) is 12.8 Å². The molecule has 1 N–H and O–H groups in total. The number of benzene rings is 3. The molecule has 3 aromatic rings. The van der Waals surface area contributed by atoms with Gasteiger partial charge in [0, 0.05) is 25.2 Å². The average molecular weight is 625 g/mol. The first-order chi connectivity index (χ1) is 19.8. The minimum atomic E-state index is -4.72. The first-order valence-corrected chi connectivity index (χ1v) is 15.2. The molecule has 2 aliphatic heterocycles. The standard InChI is InChI=1S/C30H29ClF4N2O4S/c1-19(29-25(31)6-3-7-26(29)32)14-20-8-9-28-27(15-20)37(18-23(41-28)11-13-36-12-10-22(38)17-36)42(39,40)24-5-2-4-21(16-24)30(33,34)35/h2-9,14-16,22-23,38H,10-13,17-18H2,1H3. The summed E-state index contributed by atoms with van der Waals surface area (Å²) in [5.74, 6) is -0.262. The number of allylic oxidation sites excluding steroid dienone is 1. The number of hydrogen-bond acceptors (Lipinski definition) is 5. The number of fused-ring (bicyclic) bond motifs is 1. The molecule has 2 atom stereocenters. The predicted molar refractivity (Wildman–Crippen MR) is 153 cm³/mol. The van der Waals surface area contributed by atoms with Gasteiger partial charge in [-0.1, -0.05) is 35.9 Å². The van der Waals surface area contributed by atoms with Gasteiger partial charge in [-0.3, -0.25) is 4.31 Å². The second-order valence-electron chi connectivity index (χ2n) is 10.5. The van der Waals surface area contributed by atoms with Crippen molar-refractivity contribution in [3.63, 3.8) is 0 Å². The molecule has 1 fully saturated rings. The number of aliphatic hydroxyl groups excluding tert-OH is 1. The zero-order chi connectivity index (χ0) is 30.2. The Kier molecular flexibility index (Phi) is 8.58. The molecule has 6 nitrogen and oxygen atoms in total. The minimum Gasteiger partial charge on any atom is -0.486 e. The topological polar surface area (TPSA) is 70.1 Å². The second-order valence-corrected chi connectivity index (χ2v) is 12.8. The molecular formula is C30H29ClF4N2O4S. The summed E-state index contributed by atoms with van der Waals surface area (Å²) >= 11 is 6.22. The van der Waals surface area contributed by atoms with E-state index in [-0.39, 0.29) is 28.6 Å². The maximum atomic E-state index is 14.5. The van der Waals surface area contributed by atoms with Gasteiger partial charge in [-0.05, 0) is 73.4 Å². The quantitative estimate of drug-likeness (QED) is 0.241. The molecule has 0 aliphatic carbocycles. The van der Waals surface area contributed by atoms with Crippen molar-refractivity contribution < 1.29 is 35.8 Å². The van der Waals surface area contributed by atoms with Crippen LogP contribution in [0, 0.1) is 5.82 Å². The van der Waals surface area contributed by atoms with Crippen molar-refractivity contribution in [3.8, 4) is 5.75 Å². The number of anilines is 1. The van der Waals surface area contributed by atoms with Crippen LogP contribution in [0.5, 0.6) is 5.75 Å². The Hall–Kier alpha value is -3.12. The Morgan fingerprint density at radius 2 is 1.88 bits per heavy atom. The van der Waals surface area contributed by atoms with Crippen molar-refractivity contribution in [2.24, 2.45) is 0 Å². The first-order valence-electron chi connectivity index (χ1n) is 13.4. The molecule has 1 saturated heterocycles. The summed E-state index contributed by atoms with van der Waals surface area (Å²) in [6.45, 7) is 3.31. The van der Waals surface area contributed by atoms with Gasteiger partial charge in [-0.15, -0.1) is 0 Å². The number of alkyl halides is 3. The molecule has 2 heterocycles. The SMILES string of the molecule is CC(=Cc1ccc2c(c1)N(S(=O)(=O)c1cccc(C(F)(F)F)c1)CC(CCN1CCC(O)C1)O2)c1c(F)cccc1Cl. The fraction of sp³-hybridized carbons (Fsp3) is 0.333. The van der Waals surface area contributed by atoms with Gasteiger partial charge in [0.15, 0.2) is 0 Å². The number of sulfonamides is 1. The summed E-state index contributed by atoms with van der Waals surface area (Å²) in [5, 5.41) is 10.1. The molecule has 0 radical (unpaired) electrons. The van der Waals surface area contributed by atoms with Crippen molar-refractivity contribution in [1.29, 1.82) is 0 Å². The number of ether oxygens (including phenoxy) is 1. The molecule has 0 saturated carbocycles. The van der Waals surface area contributed by atoms with Crippen LogP contribution in [0.2, 0.25) is 5.02 Å². The minimum absolute atomic E-state index is 0.132. The third-order valence-electron chi connectivity index (χ3n) is 7.42. The molecule has 0 amide bonds. The van der Waals surface area contributed by atoms with E-state index >= 15 is 0 Å². The Balaban J connectivity index is 1.52. The van der Waals surface area contributed by atoms with Crippen molar-refractivity contribution in [3.05, 3.63) is 88.2 Å². The number of nitrogens with zero attached hydrogens (tertiary/aromatic N) is 2. The summed E-state index contributed by atoms with van der Waals surface area (Å²) in [6.07, 6.45) is -2.99. The van der Waals surface area contributed by atoms with Gasteiger partial charge < -0.3 is 14.7 Å². The fourth-order valence-corrected chi connectivity index (χ4v) is 7.15. The van der Waals surface area contributed by atoms with Crippen LogP contribution in [0.15, 0.2) is 65.6 Å². The Morgan fingerprint density at radius 1 is 1.12 bits per heavy atom. The summed E-state index contributed by atoms with van der Waals surface area (Å²) in [7, 11) is -4.45. The molecule has 2 aliphatic rings. The number of rotatable bonds is 7. The number of halogens is 5. The average Bonchev–Trinajstić information content (AvgIpc) is 3.36. The number of aliphatic hydroxyl groups is 1. The van der Waals surface area contributed by atoms with Crippen LogP contribution in [0.4, 0.5) is 23.2 Å². The molecule has 0 aromatic heterocycles. The monoisotopic (exact) mass is 624 g/mol. The van der Waals surface area contributed by atoms with Crippen LogP contribution in [0.25, 0.3) is 11.6 Å². The smallest absolute Gasteiger partial charge is 0.416 e. The van der Waals surface area contributed by atoms with Crippen LogP contribution >= 0.6 is 11.6 Å². The van der Waals surface area contributed by atoms with E-state index in [2.05, 4.69) is 4.90 Å². The number of hydrogen-bond donors (Lipinski definition) is 1. The molecule has 3 aromatic carbocycles. The van der Waals surface area contributed by atoms with Crippen molar-refractivity contribution in [2.45, 2.75) is 43.0 Å². The third-order valence-corrected chi connectivity index (χ3v) is 9.51. The molecule has 0 spiro atoms. The molecule has 5 rings (SSSR count). The molecule has 12 heteroatoms. The van der Waals surface area contributed by atoms with E-state index in [9.17, 15) is 31.1 Å². The van der Waals surface area contributed by atoms with E-state index in [1.807, 2.05) is 0 Å². The Morgan fingerprint density at radius 3 is 2.57 bits per heavy atom. The van der Waals surface area contributed by atoms with Crippen molar-refractivity contribution in [2.75, 3.05) is 30.5 Å². The van der Waals surface area contributed by atoms with E-state index in [1.54, 1.807) is 37.3 Å². The Labute approximate surface area is 246 Å². The number of β-amino-alcohol motifs (C(OH)–C–C–N with tert-alkyl or cyclic N) is 1. The lowest BCUT2D eigenvalue weighted by Gasteiger charge is -2.36. The van der Waals surface area contributed by atoms with E-state index < -0.39 is 44.7 Å². The van der Waals surface area contributed by atoms with Gasteiger partial charge in [0.1, 0.15) is 17.7 Å². The molecule has 0 bridgehead atoms. The molecule has 42 heavy (non-hydrogen) atoms. The lowest BCUT2D eigenvalue weighted by molar-refractivity contribution is -0.137. The fourth-order valence-electron chi connectivity index (χ4n) is 5.30. The summed E-state index contributed by atoms with van der Waals surface area (Å²) in [5.41, 5.74) is 0.293. The zero-order valence-electron chi connectivity index (χ0n) is 22.6. The van der Waals surface area contributed by atoms with E-state index in [0.717, 1.165) is 22.5 Å². The van der Waals surface area contributed by atoms with Crippen LogP contribution < -0.4 is 9.04 Å². The molecule has 224 valence electrons. The largest absolute Gasteiger partial charge is 0.486 e. The summed E-state index contributed by atoms with van der Waals surface area (Å²) in [6, 6.07) is 12.8. The van der Waals surface area contributed by atoms with Crippen LogP contribution in [0.1, 0.15) is 36.5 Å². The van der Waals surface area contributed by atoms with E-state index in [1.165, 1.54) is 12.1 Å².